The lowest BCUT2D eigenvalue weighted by molar-refractivity contribution is -0.140. The van der Waals surface area contributed by atoms with Crippen LogP contribution in [0.3, 0.4) is 0 Å². The molecule has 2 amide bonds. The molecule has 1 unspecified atom stereocenters. The summed E-state index contributed by atoms with van der Waals surface area (Å²) in [6.45, 7) is 3.35. The van der Waals surface area contributed by atoms with Gasteiger partial charge in [0.05, 0.1) is 6.04 Å². The van der Waals surface area contributed by atoms with Crippen molar-refractivity contribution in [2.24, 2.45) is 0 Å². The van der Waals surface area contributed by atoms with Crippen molar-refractivity contribution in [3.8, 4) is 0 Å². The zero-order valence-corrected chi connectivity index (χ0v) is 10.4. The second-order valence-electron chi connectivity index (χ2n) is 4.51. The molecule has 0 spiro atoms. The average Bonchev–Trinajstić information content (AvgIpc) is 3.06. The van der Waals surface area contributed by atoms with E-state index in [4.69, 9.17) is 0 Å². The molecule has 1 atom stereocenters. The molecule has 1 aliphatic carbocycles. The van der Waals surface area contributed by atoms with Crippen LogP contribution in [-0.2, 0) is 14.4 Å². The fourth-order valence-corrected chi connectivity index (χ4v) is 1.56. The van der Waals surface area contributed by atoms with E-state index in [1.165, 1.54) is 6.92 Å². The lowest BCUT2D eigenvalue weighted by Crippen LogP contribution is -2.47. The highest BCUT2D eigenvalue weighted by molar-refractivity contribution is 6.38. The first-order chi connectivity index (χ1) is 8.04. The molecule has 0 aromatic carbocycles. The number of ketones is 1. The van der Waals surface area contributed by atoms with E-state index in [1.807, 2.05) is 6.92 Å². The van der Waals surface area contributed by atoms with Gasteiger partial charge in [0, 0.05) is 13.0 Å². The summed E-state index contributed by atoms with van der Waals surface area (Å²) in [5, 5.41) is 5.18. The summed E-state index contributed by atoms with van der Waals surface area (Å²) in [4.78, 5) is 34.4. The Morgan fingerprint density at radius 1 is 1.29 bits per heavy atom. The molecule has 0 aliphatic heterocycles. The van der Waals surface area contributed by atoms with Gasteiger partial charge in [0.25, 0.3) is 5.91 Å². The van der Waals surface area contributed by atoms with E-state index in [1.54, 1.807) is 0 Å². The summed E-state index contributed by atoms with van der Waals surface area (Å²) < 4.78 is 0. The molecule has 17 heavy (non-hydrogen) atoms. The van der Waals surface area contributed by atoms with Gasteiger partial charge in [0.15, 0.2) is 0 Å². The second kappa shape index (κ2) is 6.37. The molecule has 0 bridgehead atoms. The Morgan fingerprint density at radius 2 is 1.94 bits per heavy atom. The first kappa shape index (κ1) is 13.7. The number of hydrogen-bond acceptors (Lipinski definition) is 3. The number of rotatable bonds is 7. The fourth-order valence-electron chi connectivity index (χ4n) is 1.56. The van der Waals surface area contributed by atoms with Crippen LogP contribution in [0, 0.1) is 0 Å². The number of carbonyl (C=O) groups excluding carboxylic acids is 3. The van der Waals surface area contributed by atoms with Crippen LogP contribution in [0.5, 0.6) is 0 Å². The van der Waals surface area contributed by atoms with Gasteiger partial charge in [0.2, 0.25) is 11.7 Å². The van der Waals surface area contributed by atoms with Gasteiger partial charge in [-0.15, -0.1) is 0 Å². The van der Waals surface area contributed by atoms with E-state index in [9.17, 15) is 14.4 Å². The summed E-state index contributed by atoms with van der Waals surface area (Å²) in [6.07, 6.45) is 4.14. The molecule has 5 heteroatoms. The molecule has 1 rings (SSSR count). The van der Waals surface area contributed by atoms with Crippen LogP contribution in [0.2, 0.25) is 0 Å². The third-order valence-electron chi connectivity index (χ3n) is 2.68. The number of Topliss-reactive ketones (excluding diaryl/α,β-unsaturated/α-hetero) is 1. The lowest BCUT2D eigenvalue weighted by atomic mass is 10.0. The van der Waals surface area contributed by atoms with Crippen LogP contribution < -0.4 is 10.6 Å². The third-order valence-corrected chi connectivity index (χ3v) is 2.68. The van der Waals surface area contributed by atoms with E-state index in [2.05, 4.69) is 10.6 Å². The van der Waals surface area contributed by atoms with Crippen molar-refractivity contribution in [3.63, 3.8) is 0 Å². The van der Waals surface area contributed by atoms with E-state index in [0.717, 1.165) is 25.7 Å². The largest absolute Gasteiger partial charge is 0.347 e. The van der Waals surface area contributed by atoms with Gasteiger partial charge in [-0.05, 0) is 19.3 Å². The van der Waals surface area contributed by atoms with E-state index < -0.39 is 17.7 Å². The Kier molecular flexibility index (Phi) is 5.12. The predicted octanol–water partition coefficient (Wildman–Crippen LogP) is 0.529. The molecule has 0 aromatic heterocycles. The van der Waals surface area contributed by atoms with E-state index in [0.29, 0.717) is 6.42 Å². The van der Waals surface area contributed by atoms with Crippen LogP contribution in [0.25, 0.3) is 0 Å². The first-order valence-electron chi connectivity index (χ1n) is 6.16. The Balaban J connectivity index is 2.49. The van der Waals surface area contributed by atoms with Gasteiger partial charge in [-0.2, -0.15) is 0 Å². The molecule has 1 fully saturated rings. The van der Waals surface area contributed by atoms with Gasteiger partial charge in [0.1, 0.15) is 0 Å². The average molecular weight is 240 g/mol. The van der Waals surface area contributed by atoms with Crippen molar-refractivity contribution in [1.82, 2.24) is 10.6 Å². The molecular weight excluding hydrogens is 220 g/mol. The minimum atomic E-state index is -0.675. The number of amides is 2. The van der Waals surface area contributed by atoms with Crippen molar-refractivity contribution in [2.75, 3.05) is 0 Å². The molecule has 1 aliphatic rings. The molecule has 0 saturated heterocycles. The molecule has 5 nitrogen and oxygen atoms in total. The molecule has 0 heterocycles. The van der Waals surface area contributed by atoms with Gasteiger partial charge < -0.3 is 10.6 Å². The Morgan fingerprint density at radius 3 is 2.41 bits per heavy atom. The normalized spacial score (nSPS) is 16.1. The van der Waals surface area contributed by atoms with Gasteiger partial charge in [-0.3, -0.25) is 14.4 Å². The van der Waals surface area contributed by atoms with E-state index in [-0.39, 0.29) is 11.9 Å². The van der Waals surface area contributed by atoms with Crippen LogP contribution in [-0.4, -0.2) is 29.7 Å². The summed E-state index contributed by atoms with van der Waals surface area (Å²) in [6, 6.07) is -0.512. The summed E-state index contributed by atoms with van der Waals surface area (Å²) in [5.74, 6) is -1.37. The van der Waals surface area contributed by atoms with Crippen molar-refractivity contribution in [3.05, 3.63) is 0 Å². The summed E-state index contributed by atoms with van der Waals surface area (Å²) >= 11 is 0. The number of hydrogen-bond donors (Lipinski definition) is 2. The zero-order chi connectivity index (χ0) is 12.8. The van der Waals surface area contributed by atoms with Crippen LogP contribution in [0.15, 0.2) is 0 Å². The maximum absolute atomic E-state index is 11.8. The van der Waals surface area contributed by atoms with Crippen molar-refractivity contribution in [1.29, 1.82) is 0 Å². The van der Waals surface area contributed by atoms with Crippen LogP contribution in [0.1, 0.15) is 46.0 Å². The SMILES string of the molecule is CCCCC(NC(C)=O)C(=O)C(=O)NC1CC1. The second-order valence-corrected chi connectivity index (χ2v) is 4.51. The topological polar surface area (TPSA) is 75.3 Å². The van der Waals surface area contributed by atoms with Crippen molar-refractivity contribution < 1.29 is 14.4 Å². The maximum Gasteiger partial charge on any atom is 0.289 e. The first-order valence-corrected chi connectivity index (χ1v) is 6.16. The van der Waals surface area contributed by atoms with Crippen molar-refractivity contribution >= 4 is 17.6 Å². The van der Waals surface area contributed by atoms with Crippen molar-refractivity contribution in [2.45, 2.75) is 58.0 Å². The van der Waals surface area contributed by atoms with Gasteiger partial charge in [-0.25, -0.2) is 0 Å². The minimum Gasteiger partial charge on any atom is -0.347 e. The van der Waals surface area contributed by atoms with Crippen LogP contribution in [0.4, 0.5) is 0 Å². The predicted molar refractivity (Wildman–Crippen MR) is 63.3 cm³/mol. The lowest BCUT2D eigenvalue weighted by Gasteiger charge is -2.15. The zero-order valence-electron chi connectivity index (χ0n) is 10.4. The number of nitrogens with one attached hydrogen (secondary N) is 2. The monoisotopic (exact) mass is 240 g/mol. The quantitative estimate of drug-likeness (QED) is 0.637. The molecule has 0 radical (unpaired) electrons. The highest BCUT2D eigenvalue weighted by atomic mass is 16.2. The number of unbranched alkanes of at least 4 members (excludes halogenated alkanes) is 1. The minimum absolute atomic E-state index is 0.163. The standard InChI is InChI=1S/C12H20N2O3/c1-3-4-5-10(13-8(2)15)11(16)12(17)14-9-6-7-9/h9-10H,3-7H2,1-2H3,(H,13,15)(H,14,17). The molecule has 1 saturated carbocycles. The van der Waals surface area contributed by atoms with Gasteiger partial charge in [-0.1, -0.05) is 19.8 Å². The Labute approximate surface area is 101 Å². The molecular formula is C12H20N2O3. The van der Waals surface area contributed by atoms with Crippen LogP contribution >= 0.6 is 0 Å². The maximum atomic E-state index is 11.8. The number of carbonyl (C=O) groups is 3. The molecule has 0 aromatic rings. The summed E-state index contributed by atoms with van der Waals surface area (Å²) in [5.41, 5.74) is 0. The molecule has 96 valence electrons. The smallest absolute Gasteiger partial charge is 0.289 e. The van der Waals surface area contributed by atoms with Gasteiger partial charge >= 0.3 is 0 Å². The molecule has 2 N–H and O–H groups in total. The fraction of sp³-hybridized carbons (Fsp3) is 0.750. The Hall–Kier alpha value is -1.39. The highest BCUT2D eigenvalue weighted by Gasteiger charge is 2.30. The highest BCUT2D eigenvalue weighted by Crippen LogP contribution is 2.18. The summed E-state index contributed by atoms with van der Waals surface area (Å²) in [7, 11) is 0. The Bertz CT molecular complexity index is 311. The third kappa shape index (κ3) is 4.97. The van der Waals surface area contributed by atoms with E-state index >= 15 is 0 Å².